The Morgan fingerprint density at radius 1 is 1.29 bits per heavy atom. The maximum atomic E-state index is 6.18. The lowest BCUT2D eigenvalue weighted by molar-refractivity contribution is 0.125. The minimum absolute atomic E-state index is 0.369. The Kier molecular flexibility index (Phi) is 4.26. The van der Waals surface area contributed by atoms with Crippen molar-refractivity contribution in [2.24, 2.45) is 17.3 Å². The van der Waals surface area contributed by atoms with E-state index < -0.39 is 0 Å². The minimum atomic E-state index is 0.369. The summed E-state index contributed by atoms with van der Waals surface area (Å²) >= 11 is 0. The molecule has 2 aliphatic rings. The van der Waals surface area contributed by atoms with Crippen LogP contribution in [0.25, 0.3) is 0 Å². The molecule has 3 rings (SSSR count). The van der Waals surface area contributed by atoms with Gasteiger partial charge >= 0.3 is 0 Å². The van der Waals surface area contributed by atoms with Gasteiger partial charge in [-0.25, -0.2) is 0 Å². The molecule has 2 heteroatoms. The SMILES string of the molecule is CC(C)CNCC(C)(CC1Cc2ccccc2O1)C1CC1. The van der Waals surface area contributed by atoms with Crippen molar-refractivity contribution in [3.8, 4) is 5.75 Å². The first-order chi connectivity index (χ1) is 10.1. The topological polar surface area (TPSA) is 21.3 Å². The van der Waals surface area contributed by atoms with Crippen LogP contribution in [0.5, 0.6) is 5.75 Å². The number of para-hydroxylation sites is 1. The van der Waals surface area contributed by atoms with Crippen LogP contribution in [0.4, 0.5) is 0 Å². The highest BCUT2D eigenvalue weighted by molar-refractivity contribution is 5.37. The molecule has 0 spiro atoms. The lowest BCUT2D eigenvalue weighted by atomic mass is 9.78. The van der Waals surface area contributed by atoms with Gasteiger partial charge < -0.3 is 10.1 Å². The molecule has 1 aromatic carbocycles. The third kappa shape index (κ3) is 3.60. The number of hydrogen-bond acceptors (Lipinski definition) is 2. The number of fused-ring (bicyclic) bond motifs is 1. The van der Waals surface area contributed by atoms with Gasteiger partial charge in [-0.1, -0.05) is 39.0 Å². The van der Waals surface area contributed by atoms with Crippen LogP contribution in [-0.2, 0) is 6.42 Å². The predicted molar refractivity (Wildman–Crippen MR) is 87.7 cm³/mol. The van der Waals surface area contributed by atoms with E-state index in [0.29, 0.717) is 11.5 Å². The molecule has 1 saturated carbocycles. The number of rotatable bonds is 7. The van der Waals surface area contributed by atoms with Crippen molar-refractivity contribution in [3.63, 3.8) is 0 Å². The van der Waals surface area contributed by atoms with Crippen molar-refractivity contribution < 1.29 is 4.74 Å². The summed E-state index contributed by atoms with van der Waals surface area (Å²) in [5, 5.41) is 3.69. The molecule has 0 radical (unpaired) electrons. The summed E-state index contributed by atoms with van der Waals surface area (Å²) in [4.78, 5) is 0. The van der Waals surface area contributed by atoms with Gasteiger partial charge in [0.05, 0.1) is 0 Å². The van der Waals surface area contributed by atoms with Crippen molar-refractivity contribution >= 4 is 0 Å². The van der Waals surface area contributed by atoms with E-state index in [2.05, 4.69) is 50.4 Å². The predicted octanol–water partition coefficient (Wildman–Crippen LogP) is 4.04. The zero-order valence-corrected chi connectivity index (χ0v) is 13.7. The summed E-state index contributed by atoms with van der Waals surface area (Å²) in [5.74, 6) is 2.72. The van der Waals surface area contributed by atoms with Gasteiger partial charge in [0.2, 0.25) is 0 Å². The molecule has 2 unspecified atom stereocenters. The molecule has 1 heterocycles. The number of benzene rings is 1. The maximum absolute atomic E-state index is 6.18. The normalized spacial score (nSPS) is 23.7. The van der Waals surface area contributed by atoms with Crippen molar-refractivity contribution in [1.82, 2.24) is 5.32 Å². The Bertz CT molecular complexity index is 455. The van der Waals surface area contributed by atoms with Gasteiger partial charge in [0, 0.05) is 13.0 Å². The monoisotopic (exact) mass is 287 g/mol. The largest absolute Gasteiger partial charge is 0.490 e. The van der Waals surface area contributed by atoms with Gasteiger partial charge in [-0.05, 0) is 54.7 Å². The molecular weight excluding hydrogens is 258 g/mol. The third-order valence-electron chi connectivity index (χ3n) is 5.05. The van der Waals surface area contributed by atoms with E-state index in [9.17, 15) is 0 Å². The molecule has 0 amide bonds. The van der Waals surface area contributed by atoms with Gasteiger partial charge in [-0.2, -0.15) is 0 Å². The molecule has 0 bridgehead atoms. The van der Waals surface area contributed by atoms with E-state index in [4.69, 9.17) is 4.74 Å². The lowest BCUT2D eigenvalue weighted by Gasteiger charge is -2.33. The second kappa shape index (κ2) is 6.00. The fourth-order valence-corrected chi connectivity index (χ4v) is 3.70. The van der Waals surface area contributed by atoms with Crippen molar-refractivity contribution in [3.05, 3.63) is 29.8 Å². The second-order valence-corrected chi connectivity index (χ2v) is 7.71. The molecular formula is C19H29NO. The van der Waals surface area contributed by atoms with Gasteiger partial charge in [0.15, 0.2) is 0 Å². The van der Waals surface area contributed by atoms with Crippen molar-refractivity contribution in [2.75, 3.05) is 13.1 Å². The van der Waals surface area contributed by atoms with Crippen LogP contribution in [0.2, 0.25) is 0 Å². The van der Waals surface area contributed by atoms with E-state index in [1.165, 1.54) is 24.8 Å². The van der Waals surface area contributed by atoms with E-state index in [1.54, 1.807) is 0 Å². The molecule has 1 aliphatic carbocycles. The van der Waals surface area contributed by atoms with Gasteiger partial charge in [0.1, 0.15) is 11.9 Å². The fraction of sp³-hybridized carbons (Fsp3) is 0.684. The highest BCUT2D eigenvalue weighted by atomic mass is 16.5. The molecule has 1 N–H and O–H groups in total. The molecule has 1 aliphatic heterocycles. The first-order valence-corrected chi connectivity index (χ1v) is 8.52. The highest BCUT2D eigenvalue weighted by Crippen LogP contribution is 2.49. The quantitative estimate of drug-likeness (QED) is 0.817. The van der Waals surface area contributed by atoms with E-state index >= 15 is 0 Å². The van der Waals surface area contributed by atoms with E-state index in [-0.39, 0.29) is 0 Å². The number of ether oxygens (including phenoxy) is 1. The van der Waals surface area contributed by atoms with Crippen LogP contribution in [0, 0.1) is 17.3 Å². The molecule has 0 aromatic heterocycles. The highest BCUT2D eigenvalue weighted by Gasteiger charge is 2.43. The Labute approximate surface area is 129 Å². The van der Waals surface area contributed by atoms with Gasteiger partial charge in [-0.15, -0.1) is 0 Å². The molecule has 1 aromatic rings. The van der Waals surface area contributed by atoms with E-state index in [0.717, 1.165) is 37.1 Å². The molecule has 2 atom stereocenters. The zero-order valence-electron chi connectivity index (χ0n) is 13.7. The van der Waals surface area contributed by atoms with Crippen LogP contribution >= 0.6 is 0 Å². The zero-order chi connectivity index (χ0) is 14.9. The van der Waals surface area contributed by atoms with Crippen molar-refractivity contribution in [2.45, 2.75) is 52.6 Å². The first kappa shape index (κ1) is 14.9. The Morgan fingerprint density at radius 3 is 2.71 bits per heavy atom. The van der Waals surface area contributed by atoms with Gasteiger partial charge in [0.25, 0.3) is 0 Å². The molecule has 116 valence electrons. The lowest BCUT2D eigenvalue weighted by Crippen LogP contribution is -2.39. The Hall–Kier alpha value is -1.02. The summed E-state index contributed by atoms with van der Waals surface area (Å²) in [6.07, 6.45) is 5.44. The van der Waals surface area contributed by atoms with Crippen LogP contribution in [0.3, 0.4) is 0 Å². The Balaban J connectivity index is 1.58. The standard InChI is InChI=1S/C19H29NO/c1-14(2)12-20-13-19(3,16-8-9-16)11-17-10-15-6-4-5-7-18(15)21-17/h4-7,14,16-17,20H,8-13H2,1-3H3. The third-order valence-corrected chi connectivity index (χ3v) is 5.05. The smallest absolute Gasteiger partial charge is 0.123 e. The van der Waals surface area contributed by atoms with Crippen LogP contribution in [0.15, 0.2) is 24.3 Å². The maximum Gasteiger partial charge on any atom is 0.123 e. The second-order valence-electron chi connectivity index (χ2n) is 7.71. The number of hydrogen-bond donors (Lipinski definition) is 1. The molecule has 21 heavy (non-hydrogen) atoms. The summed E-state index contributed by atoms with van der Waals surface area (Å²) in [6, 6.07) is 8.52. The van der Waals surface area contributed by atoms with E-state index in [1.807, 2.05) is 0 Å². The number of nitrogens with one attached hydrogen (secondary N) is 1. The summed E-state index contributed by atoms with van der Waals surface area (Å²) in [6.45, 7) is 9.26. The minimum Gasteiger partial charge on any atom is -0.490 e. The van der Waals surface area contributed by atoms with Crippen molar-refractivity contribution in [1.29, 1.82) is 0 Å². The molecule has 0 saturated heterocycles. The summed E-state index contributed by atoms with van der Waals surface area (Å²) < 4.78 is 6.18. The van der Waals surface area contributed by atoms with Gasteiger partial charge in [-0.3, -0.25) is 0 Å². The average Bonchev–Trinajstić information content (AvgIpc) is 3.20. The van der Waals surface area contributed by atoms with Crippen LogP contribution in [-0.4, -0.2) is 19.2 Å². The van der Waals surface area contributed by atoms with Crippen LogP contribution in [0.1, 0.15) is 45.6 Å². The van der Waals surface area contributed by atoms with Crippen LogP contribution < -0.4 is 10.1 Å². The summed E-state index contributed by atoms with van der Waals surface area (Å²) in [7, 11) is 0. The molecule has 1 fully saturated rings. The fourth-order valence-electron chi connectivity index (χ4n) is 3.70. The molecule has 2 nitrogen and oxygen atoms in total. The summed E-state index contributed by atoms with van der Waals surface area (Å²) in [5.41, 5.74) is 1.78. The average molecular weight is 287 g/mol. The first-order valence-electron chi connectivity index (χ1n) is 8.52. The Morgan fingerprint density at radius 2 is 2.05 bits per heavy atom.